The SMILES string of the molecule is CCc1nc(C)c(C(=O)NCc2ccc(F)cc2C(F)(F)F)s1. The number of carbonyl (C=O) groups excluding carboxylic acids is 1. The number of nitrogens with zero attached hydrogens (tertiary/aromatic N) is 1. The zero-order valence-electron chi connectivity index (χ0n) is 12.4. The summed E-state index contributed by atoms with van der Waals surface area (Å²) in [4.78, 5) is 16.7. The van der Waals surface area contributed by atoms with E-state index < -0.39 is 23.5 Å². The van der Waals surface area contributed by atoms with Gasteiger partial charge in [-0.2, -0.15) is 13.2 Å². The Morgan fingerprint density at radius 2 is 2.04 bits per heavy atom. The van der Waals surface area contributed by atoms with Gasteiger partial charge in [0.25, 0.3) is 5.91 Å². The van der Waals surface area contributed by atoms with Crippen molar-refractivity contribution in [3.63, 3.8) is 0 Å². The molecule has 0 aliphatic carbocycles. The molecule has 2 aromatic rings. The second-order valence-corrected chi connectivity index (χ2v) is 5.94. The van der Waals surface area contributed by atoms with Gasteiger partial charge in [0.2, 0.25) is 0 Å². The fraction of sp³-hybridized carbons (Fsp3) is 0.333. The number of carbonyl (C=O) groups is 1. The first-order valence-corrected chi connectivity index (χ1v) is 7.64. The summed E-state index contributed by atoms with van der Waals surface area (Å²) in [6.07, 6.45) is -4.01. The molecule has 0 aliphatic rings. The van der Waals surface area contributed by atoms with Gasteiger partial charge in [0.05, 0.1) is 16.3 Å². The van der Waals surface area contributed by atoms with E-state index in [1.807, 2.05) is 6.92 Å². The highest BCUT2D eigenvalue weighted by Gasteiger charge is 2.33. The van der Waals surface area contributed by atoms with E-state index in [9.17, 15) is 22.4 Å². The van der Waals surface area contributed by atoms with Crippen molar-refractivity contribution < 1.29 is 22.4 Å². The first kappa shape index (κ1) is 17.4. The Morgan fingerprint density at radius 1 is 1.35 bits per heavy atom. The number of halogens is 4. The number of rotatable bonds is 4. The van der Waals surface area contributed by atoms with Crippen LogP contribution in [0.3, 0.4) is 0 Å². The Morgan fingerprint density at radius 3 is 2.61 bits per heavy atom. The highest BCUT2D eigenvalue weighted by atomic mass is 32.1. The maximum Gasteiger partial charge on any atom is 0.416 e. The second kappa shape index (κ2) is 6.66. The average Bonchev–Trinajstić information content (AvgIpc) is 2.86. The second-order valence-electron chi connectivity index (χ2n) is 4.86. The first-order chi connectivity index (χ1) is 10.7. The zero-order chi connectivity index (χ0) is 17.2. The van der Waals surface area contributed by atoms with Crippen LogP contribution < -0.4 is 5.32 Å². The van der Waals surface area contributed by atoms with Crippen LogP contribution in [-0.2, 0) is 19.1 Å². The number of hydrogen-bond donors (Lipinski definition) is 1. The fourth-order valence-electron chi connectivity index (χ4n) is 2.04. The van der Waals surface area contributed by atoms with E-state index in [0.29, 0.717) is 23.1 Å². The van der Waals surface area contributed by atoms with Crippen LogP contribution in [0.1, 0.15) is 38.4 Å². The standard InChI is InChI=1S/C15H14F4N2OS/c1-3-12-21-8(2)13(23-12)14(22)20-7-9-4-5-10(16)6-11(9)15(17,18)19/h4-6H,3,7H2,1-2H3,(H,20,22). The number of aromatic nitrogens is 1. The number of alkyl halides is 3. The molecule has 8 heteroatoms. The molecule has 1 heterocycles. The number of nitrogens with one attached hydrogen (secondary N) is 1. The minimum atomic E-state index is -4.68. The highest BCUT2D eigenvalue weighted by molar-refractivity contribution is 7.13. The Balaban J connectivity index is 2.17. The first-order valence-electron chi connectivity index (χ1n) is 6.82. The van der Waals surface area contributed by atoms with Crippen molar-refractivity contribution in [2.45, 2.75) is 33.0 Å². The molecule has 124 valence electrons. The monoisotopic (exact) mass is 346 g/mol. The number of hydrogen-bond acceptors (Lipinski definition) is 3. The molecule has 0 fully saturated rings. The van der Waals surface area contributed by atoms with Crippen LogP contribution in [-0.4, -0.2) is 10.9 Å². The third-order valence-electron chi connectivity index (χ3n) is 3.17. The molecule has 0 atom stereocenters. The predicted octanol–water partition coefficient (Wildman–Crippen LogP) is 4.10. The van der Waals surface area contributed by atoms with Crippen molar-refractivity contribution in [2.24, 2.45) is 0 Å². The minimum Gasteiger partial charge on any atom is -0.347 e. The number of amides is 1. The van der Waals surface area contributed by atoms with Crippen molar-refractivity contribution in [2.75, 3.05) is 0 Å². The van der Waals surface area contributed by atoms with Crippen LogP contribution in [0, 0.1) is 12.7 Å². The summed E-state index contributed by atoms with van der Waals surface area (Å²) in [5.41, 5.74) is -0.738. The van der Waals surface area contributed by atoms with Gasteiger partial charge in [0, 0.05) is 6.54 Å². The van der Waals surface area contributed by atoms with E-state index in [1.165, 1.54) is 11.3 Å². The molecule has 1 aromatic heterocycles. The molecule has 0 radical (unpaired) electrons. The van der Waals surface area contributed by atoms with E-state index in [-0.39, 0.29) is 12.1 Å². The van der Waals surface area contributed by atoms with Crippen LogP contribution in [0.15, 0.2) is 18.2 Å². The molecular weight excluding hydrogens is 332 g/mol. The topological polar surface area (TPSA) is 42.0 Å². The smallest absolute Gasteiger partial charge is 0.347 e. The zero-order valence-corrected chi connectivity index (χ0v) is 13.2. The summed E-state index contributed by atoms with van der Waals surface area (Å²) < 4.78 is 51.7. The molecule has 0 spiro atoms. The molecule has 0 bridgehead atoms. The van der Waals surface area contributed by atoms with Crippen molar-refractivity contribution in [1.29, 1.82) is 0 Å². The molecule has 0 unspecified atom stereocenters. The lowest BCUT2D eigenvalue weighted by atomic mass is 10.1. The van der Waals surface area contributed by atoms with E-state index in [1.54, 1.807) is 6.92 Å². The van der Waals surface area contributed by atoms with Gasteiger partial charge in [0.15, 0.2) is 0 Å². The van der Waals surface area contributed by atoms with Crippen LogP contribution in [0.2, 0.25) is 0 Å². The third kappa shape index (κ3) is 4.07. The number of thiazole rings is 1. The molecule has 3 nitrogen and oxygen atoms in total. The van der Waals surface area contributed by atoms with Crippen LogP contribution >= 0.6 is 11.3 Å². The van der Waals surface area contributed by atoms with E-state index in [2.05, 4.69) is 10.3 Å². The summed E-state index contributed by atoms with van der Waals surface area (Å²) >= 11 is 1.21. The Labute approximate surface area is 134 Å². The molecule has 1 amide bonds. The molecular formula is C15H14F4N2OS. The largest absolute Gasteiger partial charge is 0.416 e. The van der Waals surface area contributed by atoms with Crippen molar-refractivity contribution in [1.82, 2.24) is 10.3 Å². The van der Waals surface area contributed by atoms with Gasteiger partial charge in [-0.3, -0.25) is 4.79 Å². The van der Waals surface area contributed by atoms with Gasteiger partial charge in [-0.1, -0.05) is 13.0 Å². The summed E-state index contributed by atoms with van der Waals surface area (Å²) in [5, 5.41) is 3.22. The molecule has 0 saturated heterocycles. The Kier molecular flexibility index (Phi) is 5.03. The lowest BCUT2D eigenvalue weighted by Gasteiger charge is -2.13. The maximum atomic E-state index is 13.0. The highest BCUT2D eigenvalue weighted by Crippen LogP contribution is 2.32. The fourth-order valence-corrected chi connectivity index (χ4v) is 2.96. The van der Waals surface area contributed by atoms with Gasteiger partial charge in [0.1, 0.15) is 10.7 Å². The Hall–Kier alpha value is -1.96. The van der Waals surface area contributed by atoms with Crippen LogP contribution in [0.25, 0.3) is 0 Å². The van der Waals surface area contributed by atoms with E-state index in [0.717, 1.165) is 17.1 Å². The van der Waals surface area contributed by atoms with E-state index in [4.69, 9.17) is 0 Å². The maximum absolute atomic E-state index is 13.0. The van der Waals surface area contributed by atoms with E-state index >= 15 is 0 Å². The summed E-state index contributed by atoms with van der Waals surface area (Å²) in [6, 6.07) is 2.38. The lowest BCUT2D eigenvalue weighted by molar-refractivity contribution is -0.138. The van der Waals surface area contributed by atoms with Crippen LogP contribution in [0.5, 0.6) is 0 Å². The number of aryl methyl sites for hydroxylation is 2. The Bertz CT molecular complexity index is 725. The third-order valence-corrected chi connectivity index (χ3v) is 4.47. The average molecular weight is 346 g/mol. The molecule has 2 rings (SSSR count). The molecule has 23 heavy (non-hydrogen) atoms. The van der Waals surface area contributed by atoms with Gasteiger partial charge in [-0.05, 0) is 31.0 Å². The van der Waals surface area contributed by atoms with Gasteiger partial charge in [-0.25, -0.2) is 9.37 Å². The van der Waals surface area contributed by atoms with Gasteiger partial charge < -0.3 is 5.32 Å². The summed E-state index contributed by atoms with van der Waals surface area (Å²) in [5.74, 6) is -1.46. The molecule has 0 aliphatic heterocycles. The van der Waals surface area contributed by atoms with Crippen molar-refractivity contribution in [3.8, 4) is 0 Å². The predicted molar refractivity (Wildman–Crippen MR) is 78.8 cm³/mol. The van der Waals surface area contributed by atoms with Gasteiger partial charge >= 0.3 is 6.18 Å². The summed E-state index contributed by atoms with van der Waals surface area (Å²) in [7, 11) is 0. The number of benzene rings is 1. The molecule has 0 saturated carbocycles. The lowest BCUT2D eigenvalue weighted by Crippen LogP contribution is -2.24. The quantitative estimate of drug-likeness (QED) is 0.847. The van der Waals surface area contributed by atoms with Crippen molar-refractivity contribution in [3.05, 3.63) is 50.7 Å². The molecule has 1 N–H and O–H groups in total. The molecule has 1 aromatic carbocycles. The summed E-state index contributed by atoms with van der Waals surface area (Å²) in [6.45, 7) is 3.23. The van der Waals surface area contributed by atoms with Gasteiger partial charge in [-0.15, -0.1) is 11.3 Å². The minimum absolute atomic E-state index is 0.190. The van der Waals surface area contributed by atoms with Crippen LogP contribution in [0.4, 0.5) is 17.6 Å². The van der Waals surface area contributed by atoms with Crippen molar-refractivity contribution >= 4 is 17.2 Å². The normalized spacial score (nSPS) is 11.6.